The molecule has 10 heavy (non-hydrogen) atoms. The molecule has 0 heteroatoms. The van der Waals surface area contributed by atoms with Crippen LogP contribution >= 0.6 is 0 Å². The molecule has 0 bridgehead atoms. The maximum atomic E-state index is 5.28. The predicted molar refractivity (Wildman–Crippen MR) is 44.3 cm³/mol. The van der Waals surface area contributed by atoms with Gasteiger partial charge in [0, 0.05) is 0 Å². The Bertz CT molecular complexity index is 231. The molecule has 0 nitrogen and oxygen atoms in total. The number of hydrogen-bond donors (Lipinski definition) is 0. The third kappa shape index (κ3) is 1.35. The lowest BCUT2D eigenvalue weighted by Crippen LogP contribution is -1.74. The van der Waals surface area contributed by atoms with Gasteiger partial charge in [0.15, 0.2) is 0 Å². The molecule has 49 valence electrons. The molecule has 1 radical (unpaired) electrons. The van der Waals surface area contributed by atoms with Gasteiger partial charge in [-0.3, -0.25) is 0 Å². The van der Waals surface area contributed by atoms with Crippen molar-refractivity contribution in [3.05, 3.63) is 55.1 Å². The lowest BCUT2D eigenvalue weighted by Gasteiger charge is -1.96. The van der Waals surface area contributed by atoms with Gasteiger partial charge in [-0.05, 0) is 11.1 Å². The Kier molecular flexibility index (Phi) is 2.06. The first-order valence-corrected chi connectivity index (χ1v) is 3.14. The molecule has 0 unspecified atom stereocenters. The second-order valence-corrected chi connectivity index (χ2v) is 2.06. The first-order valence-electron chi connectivity index (χ1n) is 3.14. The normalized spacial score (nSPS) is 8.80. The molecular formula is C10H9. The lowest BCUT2D eigenvalue weighted by molar-refractivity contribution is 1.63. The van der Waals surface area contributed by atoms with Gasteiger partial charge in [0.1, 0.15) is 0 Å². The van der Waals surface area contributed by atoms with Gasteiger partial charge in [-0.15, -0.1) is 0 Å². The smallest absolute Gasteiger partial charge is 0.0190 e. The molecule has 0 aromatic heterocycles. The fourth-order valence-electron chi connectivity index (χ4n) is 0.748. The van der Waals surface area contributed by atoms with Crippen LogP contribution in [0.2, 0.25) is 0 Å². The zero-order valence-electron chi connectivity index (χ0n) is 5.75. The summed E-state index contributed by atoms with van der Waals surface area (Å²) in [6.45, 7) is 9.04. The van der Waals surface area contributed by atoms with E-state index in [0.29, 0.717) is 0 Å². The standard InChI is InChI=1S/C10H9/c1-3-9(2)10-7-5-4-6-8-10/h1,3-8H,2H2. The predicted octanol–water partition coefficient (Wildman–Crippen LogP) is 2.69. The highest BCUT2D eigenvalue weighted by atomic mass is 13.9. The van der Waals surface area contributed by atoms with Gasteiger partial charge in [0.2, 0.25) is 0 Å². The van der Waals surface area contributed by atoms with Gasteiger partial charge in [0.05, 0.1) is 0 Å². The SMILES string of the molecule is [CH]=CC(=C)c1ccccc1. The number of allylic oxidation sites excluding steroid dienone is 2. The van der Waals surface area contributed by atoms with E-state index in [-0.39, 0.29) is 0 Å². The Morgan fingerprint density at radius 2 is 1.90 bits per heavy atom. The Labute approximate surface area is 61.5 Å². The van der Waals surface area contributed by atoms with Gasteiger partial charge in [-0.25, -0.2) is 0 Å². The molecule has 0 heterocycles. The zero-order valence-corrected chi connectivity index (χ0v) is 5.75. The zero-order chi connectivity index (χ0) is 7.40. The van der Waals surface area contributed by atoms with Gasteiger partial charge in [-0.2, -0.15) is 0 Å². The van der Waals surface area contributed by atoms with E-state index in [2.05, 4.69) is 6.58 Å². The molecule has 0 aliphatic heterocycles. The summed E-state index contributed by atoms with van der Waals surface area (Å²) in [7, 11) is 0. The van der Waals surface area contributed by atoms with Crippen molar-refractivity contribution in [3.63, 3.8) is 0 Å². The van der Waals surface area contributed by atoms with Crippen LogP contribution in [0.1, 0.15) is 5.56 Å². The fraction of sp³-hybridized carbons (Fsp3) is 0. The summed E-state index contributed by atoms with van der Waals surface area (Å²) in [5.74, 6) is 0. The molecule has 0 saturated heterocycles. The molecule has 1 aromatic carbocycles. The Morgan fingerprint density at radius 1 is 1.30 bits per heavy atom. The minimum atomic E-state index is 0.862. The quantitative estimate of drug-likeness (QED) is 0.538. The van der Waals surface area contributed by atoms with E-state index in [1.807, 2.05) is 30.3 Å². The van der Waals surface area contributed by atoms with Crippen LogP contribution in [-0.2, 0) is 0 Å². The molecule has 0 aliphatic carbocycles. The van der Waals surface area contributed by atoms with E-state index in [1.54, 1.807) is 0 Å². The summed E-state index contributed by atoms with van der Waals surface area (Å²) in [4.78, 5) is 0. The highest BCUT2D eigenvalue weighted by Gasteiger charge is 1.88. The van der Waals surface area contributed by atoms with Gasteiger partial charge < -0.3 is 0 Å². The van der Waals surface area contributed by atoms with Gasteiger partial charge in [-0.1, -0.05) is 49.6 Å². The van der Waals surface area contributed by atoms with E-state index >= 15 is 0 Å². The van der Waals surface area contributed by atoms with Crippen molar-refractivity contribution in [3.8, 4) is 0 Å². The largest absolute Gasteiger partial charge is 0.0912 e. The van der Waals surface area contributed by atoms with Crippen LogP contribution in [0.3, 0.4) is 0 Å². The van der Waals surface area contributed by atoms with Crippen molar-refractivity contribution >= 4 is 5.57 Å². The van der Waals surface area contributed by atoms with E-state index in [1.165, 1.54) is 6.08 Å². The third-order valence-electron chi connectivity index (χ3n) is 1.35. The highest BCUT2D eigenvalue weighted by Crippen LogP contribution is 2.10. The molecule has 0 amide bonds. The fourth-order valence-corrected chi connectivity index (χ4v) is 0.748. The minimum Gasteiger partial charge on any atom is -0.0912 e. The summed E-state index contributed by atoms with van der Waals surface area (Å²) in [5.41, 5.74) is 1.94. The van der Waals surface area contributed by atoms with Crippen molar-refractivity contribution < 1.29 is 0 Å². The summed E-state index contributed by atoms with van der Waals surface area (Å²) in [6.07, 6.45) is 1.51. The number of benzene rings is 1. The summed E-state index contributed by atoms with van der Waals surface area (Å²) < 4.78 is 0. The second kappa shape index (κ2) is 3.02. The topological polar surface area (TPSA) is 0 Å². The van der Waals surface area contributed by atoms with Gasteiger partial charge in [0.25, 0.3) is 0 Å². The maximum absolute atomic E-state index is 5.28. The van der Waals surface area contributed by atoms with E-state index in [4.69, 9.17) is 6.58 Å². The van der Waals surface area contributed by atoms with Crippen molar-refractivity contribution in [2.24, 2.45) is 0 Å². The minimum absolute atomic E-state index is 0.862. The molecule has 0 spiro atoms. The molecule has 0 saturated carbocycles. The summed E-state index contributed by atoms with van der Waals surface area (Å²) >= 11 is 0. The molecule has 1 aromatic rings. The van der Waals surface area contributed by atoms with Crippen molar-refractivity contribution in [1.82, 2.24) is 0 Å². The van der Waals surface area contributed by atoms with Gasteiger partial charge >= 0.3 is 0 Å². The van der Waals surface area contributed by atoms with E-state index < -0.39 is 0 Å². The average Bonchev–Trinajstić information content (AvgIpc) is 2.05. The number of hydrogen-bond acceptors (Lipinski definition) is 0. The number of rotatable bonds is 2. The summed E-state index contributed by atoms with van der Waals surface area (Å²) in [5, 5.41) is 0. The third-order valence-corrected chi connectivity index (χ3v) is 1.35. The van der Waals surface area contributed by atoms with Crippen LogP contribution in [0, 0.1) is 6.58 Å². The molecule has 0 fully saturated rings. The van der Waals surface area contributed by atoms with Crippen LogP contribution in [0.4, 0.5) is 0 Å². The lowest BCUT2D eigenvalue weighted by atomic mass is 10.1. The molecule has 0 aliphatic rings. The maximum Gasteiger partial charge on any atom is -0.0190 e. The summed E-state index contributed by atoms with van der Waals surface area (Å²) in [6, 6.07) is 9.85. The van der Waals surface area contributed by atoms with Crippen molar-refractivity contribution in [2.75, 3.05) is 0 Å². The Morgan fingerprint density at radius 3 is 2.40 bits per heavy atom. The molecule has 0 atom stereocenters. The van der Waals surface area contributed by atoms with Crippen LogP contribution in [0.25, 0.3) is 5.57 Å². The first-order chi connectivity index (χ1) is 4.84. The monoisotopic (exact) mass is 129 g/mol. The van der Waals surface area contributed by atoms with Crippen LogP contribution in [0.5, 0.6) is 0 Å². The van der Waals surface area contributed by atoms with E-state index in [9.17, 15) is 0 Å². The van der Waals surface area contributed by atoms with Crippen LogP contribution in [0.15, 0.2) is 43.0 Å². The van der Waals surface area contributed by atoms with Crippen LogP contribution in [-0.4, -0.2) is 0 Å². The van der Waals surface area contributed by atoms with Crippen molar-refractivity contribution in [2.45, 2.75) is 0 Å². The van der Waals surface area contributed by atoms with Crippen LogP contribution < -0.4 is 0 Å². The Hall–Kier alpha value is -1.30. The molecular weight excluding hydrogens is 120 g/mol. The first kappa shape index (κ1) is 6.81. The van der Waals surface area contributed by atoms with E-state index in [0.717, 1.165) is 11.1 Å². The molecule has 0 N–H and O–H groups in total. The Balaban J connectivity index is 2.95. The average molecular weight is 129 g/mol. The highest BCUT2D eigenvalue weighted by molar-refractivity contribution is 5.70. The van der Waals surface area contributed by atoms with Crippen molar-refractivity contribution in [1.29, 1.82) is 0 Å². The second-order valence-electron chi connectivity index (χ2n) is 2.06. The molecule has 1 rings (SSSR count).